The molecule has 94 valence electrons. The molecule has 0 amide bonds. The van der Waals surface area contributed by atoms with Gasteiger partial charge in [-0.15, -0.1) is 0 Å². The van der Waals surface area contributed by atoms with Gasteiger partial charge >= 0.3 is 0 Å². The van der Waals surface area contributed by atoms with Crippen molar-refractivity contribution in [3.05, 3.63) is 29.8 Å². The Kier molecular flexibility index (Phi) is 4.06. The monoisotopic (exact) mass is 232 g/mol. The summed E-state index contributed by atoms with van der Waals surface area (Å²) in [7, 11) is 0. The first kappa shape index (κ1) is 12.4. The molecular weight excluding hydrogens is 208 g/mol. The maximum absolute atomic E-state index is 5.76. The van der Waals surface area contributed by atoms with Gasteiger partial charge in [0.15, 0.2) is 0 Å². The van der Waals surface area contributed by atoms with Crippen LogP contribution < -0.4 is 11.1 Å². The highest BCUT2D eigenvalue weighted by Gasteiger charge is 2.27. The van der Waals surface area contributed by atoms with E-state index in [9.17, 15) is 0 Å². The molecule has 0 heterocycles. The fraction of sp³-hybridized carbons (Fsp3) is 0.600. The van der Waals surface area contributed by atoms with Crippen LogP contribution in [0.1, 0.15) is 38.2 Å². The molecule has 1 aromatic carbocycles. The maximum Gasteiger partial charge on any atom is 0.0316 e. The molecule has 1 aliphatic rings. The lowest BCUT2D eigenvalue weighted by Gasteiger charge is -2.23. The minimum atomic E-state index is 0.551. The molecule has 0 bridgehead atoms. The number of nitrogens with one attached hydrogen (secondary N) is 1. The Labute approximate surface area is 105 Å². The van der Waals surface area contributed by atoms with Crippen LogP contribution in [0.2, 0.25) is 0 Å². The SMILES string of the molecule is CC1(CNCCc2cccc(N)c2)CCCC1. The van der Waals surface area contributed by atoms with Crippen molar-refractivity contribution in [1.29, 1.82) is 0 Å². The van der Waals surface area contributed by atoms with Crippen molar-refractivity contribution in [2.75, 3.05) is 18.8 Å². The van der Waals surface area contributed by atoms with E-state index in [4.69, 9.17) is 5.73 Å². The number of hydrogen-bond acceptors (Lipinski definition) is 2. The lowest BCUT2D eigenvalue weighted by molar-refractivity contribution is 0.316. The quantitative estimate of drug-likeness (QED) is 0.605. The Bertz CT molecular complexity index is 354. The van der Waals surface area contributed by atoms with Crippen molar-refractivity contribution in [2.24, 2.45) is 5.41 Å². The van der Waals surface area contributed by atoms with E-state index in [1.807, 2.05) is 12.1 Å². The highest BCUT2D eigenvalue weighted by molar-refractivity contribution is 5.40. The van der Waals surface area contributed by atoms with Gasteiger partial charge in [0, 0.05) is 12.2 Å². The van der Waals surface area contributed by atoms with Gasteiger partial charge in [-0.2, -0.15) is 0 Å². The smallest absolute Gasteiger partial charge is 0.0316 e. The van der Waals surface area contributed by atoms with Gasteiger partial charge in [0.25, 0.3) is 0 Å². The first-order valence-electron chi connectivity index (χ1n) is 6.73. The van der Waals surface area contributed by atoms with Gasteiger partial charge in [0.2, 0.25) is 0 Å². The second-order valence-electron chi connectivity index (χ2n) is 5.69. The first-order chi connectivity index (χ1) is 8.18. The zero-order valence-corrected chi connectivity index (χ0v) is 10.8. The molecule has 0 aromatic heterocycles. The summed E-state index contributed by atoms with van der Waals surface area (Å²) in [4.78, 5) is 0. The van der Waals surface area contributed by atoms with Gasteiger partial charge in [0.1, 0.15) is 0 Å². The number of hydrogen-bond donors (Lipinski definition) is 2. The minimum absolute atomic E-state index is 0.551. The van der Waals surface area contributed by atoms with Gasteiger partial charge in [0.05, 0.1) is 0 Å². The zero-order valence-electron chi connectivity index (χ0n) is 10.8. The molecule has 2 rings (SSSR count). The molecular formula is C15H24N2. The normalized spacial score (nSPS) is 18.4. The topological polar surface area (TPSA) is 38.0 Å². The van der Waals surface area contributed by atoms with Crippen LogP contribution >= 0.6 is 0 Å². The molecule has 2 heteroatoms. The molecule has 0 unspecified atom stereocenters. The summed E-state index contributed by atoms with van der Waals surface area (Å²) in [6, 6.07) is 8.19. The highest BCUT2D eigenvalue weighted by Crippen LogP contribution is 2.36. The van der Waals surface area contributed by atoms with Crippen LogP contribution in [-0.4, -0.2) is 13.1 Å². The molecule has 0 radical (unpaired) electrons. The largest absolute Gasteiger partial charge is 0.399 e. The summed E-state index contributed by atoms with van der Waals surface area (Å²) in [5.74, 6) is 0. The molecule has 0 spiro atoms. The van der Waals surface area contributed by atoms with Gasteiger partial charge in [-0.25, -0.2) is 0 Å². The fourth-order valence-corrected chi connectivity index (χ4v) is 2.78. The Hall–Kier alpha value is -1.02. The van der Waals surface area contributed by atoms with Crippen LogP contribution in [0.15, 0.2) is 24.3 Å². The second-order valence-corrected chi connectivity index (χ2v) is 5.69. The molecule has 17 heavy (non-hydrogen) atoms. The van der Waals surface area contributed by atoms with Crippen molar-refractivity contribution in [3.63, 3.8) is 0 Å². The van der Waals surface area contributed by atoms with Gasteiger partial charge in [-0.05, 0) is 48.9 Å². The van der Waals surface area contributed by atoms with Crippen LogP contribution in [-0.2, 0) is 6.42 Å². The summed E-state index contributed by atoms with van der Waals surface area (Å²) in [6.45, 7) is 4.63. The van der Waals surface area contributed by atoms with Crippen LogP contribution in [0, 0.1) is 5.41 Å². The van der Waals surface area contributed by atoms with E-state index in [0.717, 1.165) is 25.2 Å². The highest BCUT2D eigenvalue weighted by atomic mass is 14.9. The lowest BCUT2D eigenvalue weighted by Crippen LogP contribution is -2.30. The number of nitrogen functional groups attached to an aromatic ring is 1. The van der Waals surface area contributed by atoms with E-state index in [-0.39, 0.29) is 0 Å². The average Bonchev–Trinajstić information content (AvgIpc) is 2.72. The maximum atomic E-state index is 5.76. The van der Waals surface area contributed by atoms with Gasteiger partial charge in [-0.3, -0.25) is 0 Å². The molecule has 1 saturated carbocycles. The van der Waals surface area contributed by atoms with E-state index in [2.05, 4.69) is 24.4 Å². The third-order valence-electron chi connectivity index (χ3n) is 3.90. The summed E-state index contributed by atoms with van der Waals surface area (Å²) >= 11 is 0. The molecule has 0 atom stereocenters. The average molecular weight is 232 g/mol. The number of anilines is 1. The van der Waals surface area contributed by atoms with E-state index < -0.39 is 0 Å². The summed E-state index contributed by atoms with van der Waals surface area (Å²) in [5, 5.41) is 3.59. The number of benzene rings is 1. The predicted molar refractivity (Wildman–Crippen MR) is 74.0 cm³/mol. The Morgan fingerprint density at radius 1 is 1.29 bits per heavy atom. The van der Waals surface area contributed by atoms with Crippen LogP contribution in [0.3, 0.4) is 0 Å². The standard InChI is InChI=1S/C15H24N2/c1-15(8-2-3-9-15)12-17-10-7-13-5-4-6-14(16)11-13/h4-6,11,17H,2-3,7-10,12,16H2,1H3. The fourth-order valence-electron chi connectivity index (χ4n) is 2.78. The third-order valence-corrected chi connectivity index (χ3v) is 3.90. The molecule has 0 aliphatic heterocycles. The van der Waals surface area contributed by atoms with Crippen molar-refractivity contribution in [3.8, 4) is 0 Å². The summed E-state index contributed by atoms with van der Waals surface area (Å²) in [6.07, 6.45) is 6.67. The Morgan fingerprint density at radius 3 is 2.76 bits per heavy atom. The summed E-state index contributed by atoms with van der Waals surface area (Å²) < 4.78 is 0. The number of rotatable bonds is 5. The zero-order chi connectivity index (χ0) is 12.1. The summed E-state index contributed by atoms with van der Waals surface area (Å²) in [5.41, 5.74) is 8.51. The van der Waals surface area contributed by atoms with Gasteiger partial charge in [-0.1, -0.05) is 31.9 Å². The minimum Gasteiger partial charge on any atom is -0.399 e. The second kappa shape index (κ2) is 5.54. The van der Waals surface area contributed by atoms with E-state index in [1.165, 1.54) is 31.2 Å². The molecule has 0 saturated heterocycles. The van der Waals surface area contributed by atoms with Crippen molar-refractivity contribution in [1.82, 2.24) is 5.32 Å². The van der Waals surface area contributed by atoms with Gasteiger partial charge < -0.3 is 11.1 Å². The van der Waals surface area contributed by atoms with Crippen molar-refractivity contribution in [2.45, 2.75) is 39.0 Å². The Morgan fingerprint density at radius 2 is 2.06 bits per heavy atom. The van der Waals surface area contributed by atoms with E-state index in [1.54, 1.807) is 0 Å². The van der Waals surface area contributed by atoms with E-state index in [0.29, 0.717) is 5.41 Å². The first-order valence-corrected chi connectivity index (χ1v) is 6.73. The molecule has 3 N–H and O–H groups in total. The van der Waals surface area contributed by atoms with E-state index >= 15 is 0 Å². The van der Waals surface area contributed by atoms with Crippen molar-refractivity contribution < 1.29 is 0 Å². The molecule has 1 aliphatic carbocycles. The molecule has 1 fully saturated rings. The lowest BCUT2D eigenvalue weighted by atomic mass is 9.89. The molecule has 2 nitrogen and oxygen atoms in total. The van der Waals surface area contributed by atoms with Crippen molar-refractivity contribution >= 4 is 5.69 Å². The van der Waals surface area contributed by atoms with Crippen LogP contribution in [0.25, 0.3) is 0 Å². The predicted octanol–water partition coefficient (Wildman–Crippen LogP) is 2.98. The Balaban J connectivity index is 1.69. The number of nitrogens with two attached hydrogens (primary N) is 1. The third kappa shape index (κ3) is 3.74. The molecule has 1 aromatic rings. The van der Waals surface area contributed by atoms with Crippen LogP contribution in [0.5, 0.6) is 0 Å². The van der Waals surface area contributed by atoms with Crippen LogP contribution in [0.4, 0.5) is 5.69 Å².